The van der Waals surface area contributed by atoms with Gasteiger partial charge in [0, 0.05) is 19.6 Å². The van der Waals surface area contributed by atoms with E-state index < -0.39 is 0 Å². The summed E-state index contributed by atoms with van der Waals surface area (Å²) in [5, 5.41) is 13.0. The van der Waals surface area contributed by atoms with Crippen LogP contribution in [0.4, 0.5) is 0 Å². The molecule has 0 aromatic rings. The van der Waals surface area contributed by atoms with Crippen molar-refractivity contribution in [1.29, 1.82) is 0 Å². The van der Waals surface area contributed by atoms with Gasteiger partial charge in [-0.15, -0.1) is 0 Å². The summed E-state index contributed by atoms with van der Waals surface area (Å²) in [5.41, 5.74) is 0.114. The Morgan fingerprint density at radius 3 is 2.39 bits per heavy atom. The Hall–Kier alpha value is -0.610. The van der Waals surface area contributed by atoms with Crippen LogP contribution in [0.25, 0.3) is 0 Å². The second kappa shape index (κ2) is 6.53. The molecule has 0 aromatic carbocycles. The zero-order valence-corrected chi connectivity index (χ0v) is 12.2. The van der Waals surface area contributed by atoms with E-state index in [2.05, 4.69) is 26.1 Å². The van der Waals surface area contributed by atoms with Crippen molar-refractivity contribution in [2.45, 2.75) is 59.1 Å². The number of rotatable bonds is 5. The van der Waals surface area contributed by atoms with E-state index in [0.29, 0.717) is 6.54 Å². The summed E-state index contributed by atoms with van der Waals surface area (Å²) in [4.78, 5) is 13.9. The average molecular weight is 256 g/mol. The van der Waals surface area contributed by atoms with E-state index in [1.165, 1.54) is 0 Å². The fraction of sp³-hybridized carbons (Fsp3) is 0.929. The van der Waals surface area contributed by atoms with Crippen LogP contribution in [-0.2, 0) is 4.79 Å². The van der Waals surface area contributed by atoms with Gasteiger partial charge in [-0.2, -0.15) is 0 Å². The predicted molar refractivity (Wildman–Crippen MR) is 73.4 cm³/mol. The predicted octanol–water partition coefficient (Wildman–Crippen LogP) is 1.38. The van der Waals surface area contributed by atoms with Crippen LogP contribution in [0.15, 0.2) is 0 Å². The molecule has 0 spiro atoms. The highest BCUT2D eigenvalue weighted by atomic mass is 16.3. The summed E-state index contributed by atoms with van der Waals surface area (Å²) in [6.45, 7) is 10.5. The van der Waals surface area contributed by atoms with Crippen molar-refractivity contribution in [2.24, 2.45) is 5.41 Å². The normalized spacial score (nSPS) is 19.9. The van der Waals surface area contributed by atoms with Gasteiger partial charge in [0.2, 0.25) is 5.91 Å². The van der Waals surface area contributed by atoms with Gasteiger partial charge in [-0.05, 0) is 31.6 Å². The van der Waals surface area contributed by atoms with Gasteiger partial charge in [-0.1, -0.05) is 20.8 Å². The monoisotopic (exact) mass is 256 g/mol. The molecule has 1 aliphatic heterocycles. The molecule has 2 N–H and O–H groups in total. The van der Waals surface area contributed by atoms with Crippen LogP contribution in [0.1, 0.15) is 47.0 Å². The lowest BCUT2D eigenvalue weighted by Gasteiger charge is -2.25. The van der Waals surface area contributed by atoms with Crippen molar-refractivity contribution in [3.63, 3.8) is 0 Å². The molecule has 2 unspecified atom stereocenters. The molecule has 0 bridgehead atoms. The van der Waals surface area contributed by atoms with Crippen molar-refractivity contribution in [3.8, 4) is 0 Å². The van der Waals surface area contributed by atoms with Gasteiger partial charge in [-0.3, -0.25) is 4.79 Å². The fourth-order valence-corrected chi connectivity index (χ4v) is 2.39. The molecular weight excluding hydrogens is 228 g/mol. The zero-order chi connectivity index (χ0) is 13.8. The van der Waals surface area contributed by atoms with E-state index >= 15 is 0 Å². The highest BCUT2D eigenvalue weighted by molar-refractivity contribution is 5.81. The minimum absolute atomic E-state index is 0.114. The first kappa shape index (κ1) is 15.4. The van der Waals surface area contributed by atoms with Crippen molar-refractivity contribution in [2.75, 3.05) is 19.6 Å². The van der Waals surface area contributed by atoms with Gasteiger partial charge in [-0.25, -0.2) is 0 Å². The maximum atomic E-state index is 12.0. The quantitative estimate of drug-likeness (QED) is 0.781. The molecule has 106 valence electrons. The van der Waals surface area contributed by atoms with Crippen molar-refractivity contribution >= 4 is 5.91 Å². The number of carbonyl (C=O) groups is 1. The lowest BCUT2D eigenvalue weighted by molar-refractivity contribution is -0.132. The number of hydrogen-bond acceptors (Lipinski definition) is 3. The highest BCUT2D eigenvalue weighted by Crippen LogP contribution is 2.20. The molecule has 18 heavy (non-hydrogen) atoms. The van der Waals surface area contributed by atoms with E-state index in [-0.39, 0.29) is 23.5 Å². The lowest BCUT2D eigenvalue weighted by atomic mass is 9.89. The Balaban J connectivity index is 2.27. The molecule has 0 aromatic heterocycles. The molecule has 1 aliphatic rings. The summed E-state index contributed by atoms with van der Waals surface area (Å²) in [7, 11) is 0. The molecule has 0 saturated carbocycles. The largest absolute Gasteiger partial charge is 0.392 e. The first-order valence-electron chi connectivity index (χ1n) is 7.00. The van der Waals surface area contributed by atoms with E-state index in [0.717, 1.165) is 32.4 Å². The van der Waals surface area contributed by atoms with E-state index in [4.69, 9.17) is 0 Å². The first-order valence-corrected chi connectivity index (χ1v) is 7.00. The average Bonchev–Trinajstić information content (AvgIpc) is 2.75. The third-order valence-corrected chi connectivity index (χ3v) is 3.30. The first-order chi connectivity index (χ1) is 8.29. The summed E-state index contributed by atoms with van der Waals surface area (Å²) in [5.74, 6) is 0.162. The summed E-state index contributed by atoms with van der Waals surface area (Å²) >= 11 is 0. The number of carbonyl (C=O) groups excluding carboxylic acids is 1. The second-order valence-corrected chi connectivity index (χ2v) is 6.58. The molecule has 1 amide bonds. The molecule has 4 nitrogen and oxygen atoms in total. The van der Waals surface area contributed by atoms with E-state index in [1.807, 2.05) is 11.8 Å². The molecule has 0 aliphatic carbocycles. The van der Waals surface area contributed by atoms with Crippen LogP contribution in [0.3, 0.4) is 0 Å². The zero-order valence-electron chi connectivity index (χ0n) is 12.2. The summed E-state index contributed by atoms with van der Waals surface area (Å²) in [6.07, 6.45) is 2.58. The van der Waals surface area contributed by atoms with Gasteiger partial charge in [0.05, 0.1) is 12.1 Å². The lowest BCUT2D eigenvalue weighted by Crippen LogP contribution is -2.46. The molecule has 1 fully saturated rings. The number of hydrogen-bond donors (Lipinski definition) is 2. The Morgan fingerprint density at radius 2 is 1.89 bits per heavy atom. The van der Waals surface area contributed by atoms with Gasteiger partial charge < -0.3 is 15.3 Å². The second-order valence-electron chi connectivity index (χ2n) is 6.58. The van der Waals surface area contributed by atoms with Gasteiger partial charge in [0.1, 0.15) is 0 Å². The third-order valence-electron chi connectivity index (χ3n) is 3.30. The number of nitrogens with zero attached hydrogens (tertiary/aromatic N) is 1. The molecule has 1 rings (SSSR count). The standard InChI is InChI=1S/C14H28N2O2/c1-11(13(18)16-7-5-6-8-16)15-10-12(17)9-14(2,3)4/h11-12,15,17H,5-10H2,1-4H3. The van der Waals surface area contributed by atoms with Crippen molar-refractivity contribution < 1.29 is 9.90 Å². The molecule has 1 heterocycles. The van der Waals surface area contributed by atoms with Gasteiger partial charge >= 0.3 is 0 Å². The van der Waals surface area contributed by atoms with E-state index in [9.17, 15) is 9.90 Å². The number of aliphatic hydroxyl groups excluding tert-OH is 1. The maximum absolute atomic E-state index is 12.0. The minimum atomic E-state index is -0.390. The smallest absolute Gasteiger partial charge is 0.239 e. The molecule has 1 saturated heterocycles. The van der Waals surface area contributed by atoms with Crippen LogP contribution < -0.4 is 5.32 Å². The van der Waals surface area contributed by atoms with E-state index in [1.54, 1.807) is 0 Å². The number of aliphatic hydroxyl groups is 1. The summed E-state index contributed by atoms with van der Waals surface area (Å²) in [6, 6.07) is -0.197. The number of nitrogens with one attached hydrogen (secondary N) is 1. The van der Waals surface area contributed by atoms with Crippen LogP contribution >= 0.6 is 0 Å². The van der Waals surface area contributed by atoms with Gasteiger partial charge in [0.25, 0.3) is 0 Å². The number of likely N-dealkylation sites (tertiary alicyclic amines) is 1. The van der Waals surface area contributed by atoms with Crippen molar-refractivity contribution in [3.05, 3.63) is 0 Å². The summed E-state index contributed by atoms with van der Waals surface area (Å²) < 4.78 is 0. The fourth-order valence-electron chi connectivity index (χ4n) is 2.39. The van der Waals surface area contributed by atoms with Crippen LogP contribution in [-0.4, -0.2) is 47.7 Å². The Labute approximate surface area is 111 Å². The third kappa shape index (κ3) is 5.36. The van der Waals surface area contributed by atoms with Crippen LogP contribution in [0.2, 0.25) is 0 Å². The Morgan fingerprint density at radius 1 is 1.33 bits per heavy atom. The van der Waals surface area contributed by atoms with Gasteiger partial charge in [0.15, 0.2) is 0 Å². The number of amides is 1. The Kier molecular flexibility index (Phi) is 5.60. The maximum Gasteiger partial charge on any atom is 0.239 e. The SMILES string of the molecule is CC(NCC(O)CC(C)(C)C)C(=O)N1CCCC1. The molecular formula is C14H28N2O2. The molecule has 0 radical (unpaired) electrons. The van der Waals surface area contributed by atoms with Crippen LogP contribution in [0, 0.1) is 5.41 Å². The Bertz CT molecular complexity index is 267. The van der Waals surface area contributed by atoms with Crippen molar-refractivity contribution in [1.82, 2.24) is 10.2 Å². The molecule has 2 atom stereocenters. The molecule has 4 heteroatoms. The highest BCUT2D eigenvalue weighted by Gasteiger charge is 2.24. The minimum Gasteiger partial charge on any atom is -0.392 e. The topological polar surface area (TPSA) is 52.6 Å². The van der Waals surface area contributed by atoms with Crippen LogP contribution in [0.5, 0.6) is 0 Å².